The van der Waals surface area contributed by atoms with Crippen LogP contribution in [0.25, 0.3) is 5.82 Å². The molecule has 0 bridgehead atoms. The molecule has 140 valence electrons. The molecule has 8 heteroatoms. The first-order valence-corrected chi connectivity index (χ1v) is 9.44. The molecule has 3 rings (SSSR count). The number of ether oxygens (including phenoxy) is 1. The zero-order valence-electron chi connectivity index (χ0n) is 15.4. The maximum Gasteiger partial charge on any atom is 0.230 e. The summed E-state index contributed by atoms with van der Waals surface area (Å²) in [5.41, 5.74) is 1.94. The number of imidazole rings is 1. The van der Waals surface area contributed by atoms with Gasteiger partial charge in [0.2, 0.25) is 5.91 Å². The Hall–Kier alpha value is -2.87. The van der Waals surface area contributed by atoms with Gasteiger partial charge in [0.1, 0.15) is 17.1 Å². The number of hydrogen-bond donors (Lipinski definition) is 1. The van der Waals surface area contributed by atoms with E-state index in [9.17, 15) is 4.79 Å². The molecule has 1 N–H and O–H groups in total. The number of nitrogens with zero attached hydrogens (tertiary/aromatic N) is 4. The molecule has 0 saturated heterocycles. The Bertz CT molecular complexity index is 893. The third-order valence-corrected chi connectivity index (χ3v) is 4.87. The predicted molar refractivity (Wildman–Crippen MR) is 104 cm³/mol. The molecule has 0 aliphatic rings. The fourth-order valence-corrected chi connectivity index (χ4v) is 3.10. The van der Waals surface area contributed by atoms with Crippen molar-refractivity contribution >= 4 is 17.7 Å². The van der Waals surface area contributed by atoms with Crippen LogP contribution in [0.3, 0.4) is 0 Å². The van der Waals surface area contributed by atoms with Gasteiger partial charge in [-0.3, -0.25) is 9.36 Å². The smallest absolute Gasteiger partial charge is 0.230 e. The molecule has 2 aromatic heterocycles. The van der Waals surface area contributed by atoms with Crippen LogP contribution in [0.15, 0.2) is 53.9 Å². The number of amides is 1. The highest BCUT2D eigenvalue weighted by molar-refractivity contribution is 7.99. The van der Waals surface area contributed by atoms with E-state index in [0.29, 0.717) is 10.8 Å². The average molecular weight is 383 g/mol. The van der Waals surface area contributed by atoms with Crippen molar-refractivity contribution in [3.63, 3.8) is 0 Å². The number of aromatic nitrogens is 4. The number of methoxy groups -OCH3 is 1. The Morgan fingerprint density at radius 3 is 2.59 bits per heavy atom. The van der Waals surface area contributed by atoms with E-state index < -0.39 is 0 Å². The molecule has 2 heterocycles. The zero-order valence-corrected chi connectivity index (χ0v) is 16.2. The van der Waals surface area contributed by atoms with Gasteiger partial charge in [0, 0.05) is 6.20 Å². The summed E-state index contributed by atoms with van der Waals surface area (Å²) in [5.74, 6) is 1.70. The minimum atomic E-state index is -0.0815. The monoisotopic (exact) mass is 383 g/mol. The fraction of sp³-hybridized carbons (Fsp3) is 0.263. The molecule has 0 aliphatic carbocycles. The van der Waals surface area contributed by atoms with Crippen LogP contribution in [-0.2, 0) is 4.79 Å². The molecule has 0 spiro atoms. The molecule has 1 aromatic carbocycles. The van der Waals surface area contributed by atoms with Crippen LogP contribution in [0.5, 0.6) is 5.75 Å². The van der Waals surface area contributed by atoms with E-state index in [0.717, 1.165) is 17.0 Å². The van der Waals surface area contributed by atoms with Gasteiger partial charge in [0.25, 0.3) is 0 Å². The van der Waals surface area contributed by atoms with Gasteiger partial charge in [-0.2, -0.15) is 0 Å². The summed E-state index contributed by atoms with van der Waals surface area (Å²) < 4.78 is 6.95. The largest absolute Gasteiger partial charge is 0.497 e. The number of aryl methyl sites for hydroxylation is 1. The van der Waals surface area contributed by atoms with E-state index in [4.69, 9.17) is 4.74 Å². The quantitative estimate of drug-likeness (QED) is 0.632. The lowest BCUT2D eigenvalue weighted by Gasteiger charge is -2.14. The van der Waals surface area contributed by atoms with Gasteiger partial charge in [0.05, 0.1) is 24.6 Å². The van der Waals surface area contributed by atoms with Gasteiger partial charge in [0.15, 0.2) is 5.82 Å². The Morgan fingerprint density at radius 1 is 1.22 bits per heavy atom. The van der Waals surface area contributed by atoms with Crippen LogP contribution in [-0.4, -0.2) is 38.5 Å². The second kappa shape index (κ2) is 8.68. The van der Waals surface area contributed by atoms with Crippen LogP contribution in [0.1, 0.15) is 24.2 Å². The van der Waals surface area contributed by atoms with Crippen molar-refractivity contribution in [3.05, 3.63) is 60.2 Å². The van der Waals surface area contributed by atoms with Crippen molar-refractivity contribution in [2.75, 3.05) is 12.9 Å². The normalized spacial score (nSPS) is 11.8. The van der Waals surface area contributed by atoms with Crippen molar-refractivity contribution in [3.8, 4) is 11.6 Å². The number of carbonyl (C=O) groups excluding carboxylic acids is 1. The van der Waals surface area contributed by atoms with Gasteiger partial charge in [-0.15, -0.1) is 10.2 Å². The first kappa shape index (κ1) is 18.9. The summed E-state index contributed by atoms with van der Waals surface area (Å²) in [6, 6.07) is 11.3. The third-order valence-electron chi connectivity index (χ3n) is 3.95. The van der Waals surface area contributed by atoms with Crippen LogP contribution >= 0.6 is 11.8 Å². The minimum Gasteiger partial charge on any atom is -0.497 e. The Kier molecular flexibility index (Phi) is 6.08. The topological polar surface area (TPSA) is 81.9 Å². The van der Waals surface area contributed by atoms with Crippen LogP contribution in [0, 0.1) is 6.92 Å². The van der Waals surface area contributed by atoms with E-state index in [1.807, 2.05) is 56.4 Å². The molecule has 0 aliphatic heterocycles. The number of nitrogens with one attached hydrogen (secondary N) is 1. The Balaban J connectivity index is 1.51. The summed E-state index contributed by atoms with van der Waals surface area (Å²) in [5, 5.41) is 12.0. The molecule has 0 saturated carbocycles. The molecular formula is C19H21N5O2S. The molecule has 1 atom stereocenters. The van der Waals surface area contributed by atoms with Crippen molar-refractivity contribution in [2.24, 2.45) is 0 Å². The van der Waals surface area contributed by atoms with Crippen LogP contribution in [0.4, 0.5) is 0 Å². The maximum absolute atomic E-state index is 12.2. The van der Waals surface area contributed by atoms with Gasteiger partial charge in [-0.05, 0) is 43.7 Å². The van der Waals surface area contributed by atoms with Crippen LogP contribution < -0.4 is 10.1 Å². The highest BCUT2D eigenvalue weighted by Gasteiger charge is 2.11. The summed E-state index contributed by atoms with van der Waals surface area (Å²) in [6.07, 6.45) is 3.57. The lowest BCUT2D eigenvalue weighted by atomic mass is 10.1. The molecule has 0 fully saturated rings. The molecule has 3 aromatic rings. The molecule has 27 heavy (non-hydrogen) atoms. The van der Waals surface area contributed by atoms with Gasteiger partial charge < -0.3 is 10.1 Å². The van der Waals surface area contributed by atoms with Crippen molar-refractivity contribution in [2.45, 2.75) is 24.9 Å². The van der Waals surface area contributed by atoms with Crippen molar-refractivity contribution in [1.82, 2.24) is 25.1 Å². The average Bonchev–Trinajstić information content (AvgIpc) is 3.13. The Labute approximate surface area is 162 Å². The minimum absolute atomic E-state index is 0.0561. The van der Waals surface area contributed by atoms with E-state index >= 15 is 0 Å². The van der Waals surface area contributed by atoms with E-state index in [-0.39, 0.29) is 17.7 Å². The van der Waals surface area contributed by atoms with Crippen molar-refractivity contribution < 1.29 is 9.53 Å². The van der Waals surface area contributed by atoms with E-state index in [1.54, 1.807) is 18.0 Å². The molecule has 1 amide bonds. The second-order valence-electron chi connectivity index (χ2n) is 6.00. The predicted octanol–water partition coefficient (Wildman–Crippen LogP) is 2.95. The highest BCUT2D eigenvalue weighted by atomic mass is 32.2. The molecule has 7 nitrogen and oxygen atoms in total. The number of thioether (sulfide) groups is 1. The maximum atomic E-state index is 12.2. The molecule has 0 radical (unpaired) electrons. The SMILES string of the molecule is COc1ccc(C(C)NC(=O)CSc2ccc(-n3cnc(C)c3)nn2)cc1. The molecular weight excluding hydrogens is 362 g/mol. The number of benzene rings is 1. The van der Waals surface area contributed by atoms with Gasteiger partial charge >= 0.3 is 0 Å². The number of rotatable bonds is 7. The van der Waals surface area contributed by atoms with Crippen LogP contribution in [0.2, 0.25) is 0 Å². The van der Waals surface area contributed by atoms with Crippen molar-refractivity contribution in [1.29, 1.82) is 0 Å². The summed E-state index contributed by atoms with van der Waals surface area (Å²) >= 11 is 1.35. The van der Waals surface area contributed by atoms with E-state index in [2.05, 4.69) is 20.5 Å². The molecule has 1 unspecified atom stereocenters. The third kappa shape index (κ3) is 5.07. The van der Waals surface area contributed by atoms with E-state index in [1.165, 1.54) is 11.8 Å². The second-order valence-corrected chi connectivity index (χ2v) is 7.00. The van der Waals surface area contributed by atoms with Gasteiger partial charge in [-0.1, -0.05) is 23.9 Å². The summed E-state index contributed by atoms with van der Waals surface area (Å²) in [7, 11) is 1.63. The van der Waals surface area contributed by atoms with Gasteiger partial charge in [-0.25, -0.2) is 4.98 Å². The Morgan fingerprint density at radius 2 is 2.00 bits per heavy atom. The lowest BCUT2D eigenvalue weighted by Crippen LogP contribution is -2.28. The fourth-order valence-electron chi connectivity index (χ4n) is 2.47. The summed E-state index contributed by atoms with van der Waals surface area (Å²) in [6.45, 7) is 3.87. The zero-order chi connectivity index (χ0) is 19.2. The first-order chi connectivity index (χ1) is 13.0. The number of hydrogen-bond acceptors (Lipinski definition) is 6. The first-order valence-electron chi connectivity index (χ1n) is 8.46. The highest BCUT2D eigenvalue weighted by Crippen LogP contribution is 2.19. The standard InChI is InChI=1S/C19H21N5O2S/c1-13-10-24(12-20-13)17-8-9-19(23-22-17)27-11-18(25)21-14(2)15-4-6-16(26-3)7-5-15/h4-10,12,14H,11H2,1-3H3,(H,21,25). The lowest BCUT2D eigenvalue weighted by molar-refractivity contribution is -0.119. The number of carbonyl (C=O) groups is 1. The summed E-state index contributed by atoms with van der Waals surface area (Å²) in [4.78, 5) is 16.4.